The van der Waals surface area contributed by atoms with Gasteiger partial charge in [-0.05, 0) is 19.1 Å². The molecule has 1 unspecified atom stereocenters. The number of carbonyl (C=O) groups excluding carboxylic acids is 1. The number of hydrogen-bond acceptors (Lipinski definition) is 4. The van der Waals surface area contributed by atoms with Gasteiger partial charge in [0.25, 0.3) is 0 Å². The molecule has 2 rings (SSSR count). The van der Waals surface area contributed by atoms with Gasteiger partial charge in [-0.1, -0.05) is 0 Å². The van der Waals surface area contributed by atoms with Gasteiger partial charge in [0.15, 0.2) is 5.78 Å². The molecule has 0 aromatic heterocycles. The summed E-state index contributed by atoms with van der Waals surface area (Å²) in [5.41, 5.74) is -0.0679. The highest BCUT2D eigenvalue weighted by Gasteiger charge is 2.27. The Labute approximate surface area is 123 Å². The molecule has 1 aromatic rings. The van der Waals surface area contributed by atoms with Gasteiger partial charge in [0, 0.05) is 38.8 Å². The highest BCUT2D eigenvalue weighted by Crippen LogP contribution is 2.16. The summed E-state index contributed by atoms with van der Waals surface area (Å²) < 4.78 is 26.6. The lowest BCUT2D eigenvalue weighted by atomic mass is 10.0. The fourth-order valence-corrected chi connectivity index (χ4v) is 2.60. The summed E-state index contributed by atoms with van der Waals surface area (Å²) in [4.78, 5) is 16.4. The molecule has 1 atom stereocenters. The molecular formula is C15H20F2N2O2. The Kier molecular flexibility index (Phi) is 5.39. The maximum Gasteiger partial charge on any atom is 0.182 e. The Balaban J connectivity index is 2.00. The SMILES string of the molecule is CC(C(=O)c1ccc(F)cc1F)N1CCN(CCO)CC1. The molecule has 4 nitrogen and oxygen atoms in total. The molecule has 1 aromatic carbocycles. The van der Waals surface area contributed by atoms with E-state index in [9.17, 15) is 13.6 Å². The number of Topliss-reactive ketones (excluding diaryl/α,β-unsaturated/α-hetero) is 1. The smallest absolute Gasteiger partial charge is 0.182 e. The van der Waals surface area contributed by atoms with Crippen molar-refractivity contribution in [1.29, 1.82) is 0 Å². The topological polar surface area (TPSA) is 43.8 Å². The molecule has 6 heteroatoms. The summed E-state index contributed by atoms with van der Waals surface area (Å²) in [6.45, 7) is 5.41. The van der Waals surface area contributed by atoms with Crippen LogP contribution in [0.2, 0.25) is 0 Å². The third kappa shape index (κ3) is 3.84. The van der Waals surface area contributed by atoms with E-state index in [0.717, 1.165) is 25.2 Å². The summed E-state index contributed by atoms with van der Waals surface area (Å²) in [6.07, 6.45) is 0. The number of β-amino-alcohol motifs (C(OH)–C–C–N with tert-alkyl or cyclic N) is 1. The van der Waals surface area contributed by atoms with Crippen molar-refractivity contribution in [2.75, 3.05) is 39.3 Å². The number of halogens is 2. The van der Waals surface area contributed by atoms with Crippen LogP contribution in [0.4, 0.5) is 8.78 Å². The fraction of sp³-hybridized carbons (Fsp3) is 0.533. The normalized spacial score (nSPS) is 18.7. The number of nitrogens with zero attached hydrogens (tertiary/aromatic N) is 2. The van der Waals surface area contributed by atoms with Crippen molar-refractivity contribution < 1.29 is 18.7 Å². The molecule has 1 heterocycles. The summed E-state index contributed by atoms with van der Waals surface area (Å²) in [6, 6.07) is 2.59. The molecule has 1 saturated heterocycles. The maximum atomic E-state index is 13.7. The van der Waals surface area contributed by atoms with Gasteiger partial charge in [0.1, 0.15) is 11.6 Å². The molecule has 1 aliphatic heterocycles. The van der Waals surface area contributed by atoms with Gasteiger partial charge in [-0.25, -0.2) is 8.78 Å². The molecule has 0 aliphatic carbocycles. The summed E-state index contributed by atoms with van der Waals surface area (Å²) in [5, 5.41) is 8.90. The van der Waals surface area contributed by atoms with Crippen molar-refractivity contribution in [2.45, 2.75) is 13.0 Å². The second-order valence-corrected chi connectivity index (χ2v) is 5.27. The lowest BCUT2D eigenvalue weighted by Gasteiger charge is -2.37. The van der Waals surface area contributed by atoms with E-state index in [1.807, 2.05) is 4.90 Å². The molecule has 116 valence electrons. The molecule has 0 saturated carbocycles. The van der Waals surface area contributed by atoms with Crippen molar-refractivity contribution in [3.8, 4) is 0 Å². The van der Waals surface area contributed by atoms with Gasteiger partial charge in [0.2, 0.25) is 0 Å². The number of aliphatic hydroxyl groups is 1. The Morgan fingerprint density at radius 3 is 2.52 bits per heavy atom. The molecule has 1 N–H and O–H groups in total. The highest BCUT2D eigenvalue weighted by atomic mass is 19.1. The minimum Gasteiger partial charge on any atom is -0.395 e. The van der Waals surface area contributed by atoms with E-state index in [2.05, 4.69) is 4.90 Å². The number of benzene rings is 1. The van der Waals surface area contributed by atoms with Crippen LogP contribution in [0.3, 0.4) is 0 Å². The van der Waals surface area contributed by atoms with Crippen LogP contribution in [0, 0.1) is 11.6 Å². The van der Waals surface area contributed by atoms with Crippen molar-refractivity contribution in [3.63, 3.8) is 0 Å². The zero-order valence-corrected chi connectivity index (χ0v) is 12.1. The van der Waals surface area contributed by atoms with Crippen molar-refractivity contribution in [2.24, 2.45) is 0 Å². The Morgan fingerprint density at radius 2 is 1.95 bits per heavy atom. The first-order valence-corrected chi connectivity index (χ1v) is 7.09. The number of ketones is 1. The van der Waals surface area contributed by atoms with Crippen molar-refractivity contribution >= 4 is 5.78 Å². The summed E-state index contributed by atoms with van der Waals surface area (Å²) in [5.74, 6) is -1.83. The molecule has 1 aliphatic rings. The number of aliphatic hydroxyl groups excluding tert-OH is 1. The van der Waals surface area contributed by atoms with Crippen molar-refractivity contribution in [3.05, 3.63) is 35.4 Å². The summed E-state index contributed by atoms with van der Waals surface area (Å²) >= 11 is 0. The third-order valence-corrected chi connectivity index (χ3v) is 3.95. The molecule has 0 spiro atoms. The average Bonchev–Trinajstić information content (AvgIpc) is 2.47. The van der Waals surface area contributed by atoms with Gasteiger partial charge in [0.05, 0.1) is 18.2 Å². The number of rotatable bonds is 5. The molecule has 0 amide bonds. The zero-order valence-electron chi connectivity index (χ0n) is 12.1. The zero-order chi connectivity index (χ0) is 15.4. The van der Waals surface area contributed by atoms with E-state index < -0.39 is 17.7 Å². The second-order valence-electron chi connectivity index (χ2n) is 5.27. The first-order valence-electron chi connectivity index (χ1n) is 7.09. The predicted octanol–water partition coefficient (Wildman–Crippen LogP) is 1.15. The average molecular weight is 298 g/mol. The van der Waals surface area contributed by atoms with E-state index in [4.69, 9.17) is 5.11 Å². The number of carbonyl (C=O) groups is 1. The highest BCUT2D eigenvalue weighted by molar-refractivity contribution is 6.00. The van der Waals surface area contributed by atoms with Crippen LogP contribution in [-0.2, 0) is 0 Å². The molecule has 1 fully saturated rings. The minimum atomic E-state index is -0.814. The van der Waals surface area contributed by atoms with Crippen LogP contribution in [0.25, 0.3) is 0 Å². The van der Waals surface area contributed by atoms with Gasteiger partial charge in [-0.2, -0.15) is 0 Å². The molecular weight excluding hydrogens is 278 g/mol. The van der Waals surface area contributed by atoms with Crippen LogP contribution in [0.5, 0.6) is 0 Å². The van der Waals surface area contributed by atoms with E-state index in [0.29, 0.717) is 19.6 Å². The van der Waals surface area contributed by atoms with E-state index in [-0.39, 0.29) is 18.0 Å². The Hall–Kier alpha value is -1.37. The second kappa shape index (κ2) is 7.06. The fourth-order valence-electron chi connectivity index (χ4n) is 2.60. The molecule has 0 bridgehead atoms. The largest absolute Gasteiger partial charge is 0.395 e. The van der Waals surface area contributed by atoms with Crippen LogP contribution in [0.15, 0.2) is 18.2 Å². The van der Waals surface area contributed by atoms with Crippen molar-refractivity contribution in [1.82, 2.24) is 9.80 Å². The Bertz CT molecular complexity index is 502. The Morgan fingerprint density at radius 1 is 1.29 bits per heavy atom. The third-order valence-electron chi connectivity index (χ3n) is 3.95. The molecule has 21 heavy (non-hydrogen) atoms. The standard InChI is InChI=1S/C15H20F2N2O2/c1-11(19-6-4-18(5-7-19)8-9-20)15(21)13-3-2-12(16)10-14(13)17/h2-3,10-11,20H,4-9H2,1H3. The van der Waals surface area contributed by atoms with Crippen LogP contribution >= 0.6 is 0 Å². The number of piperazine rings is 1. The first kappa shape index (κ1) is 16.0. The van der Waals surface area contributed by atoms with E-state index in [1.54, 1.807) is 6.92 Å². The minimum absolute atomic E-state index is 0.0679. The monoisotopic (exact) mass is 298 g/mol. The first-order chi connectivity index (χ1) is 10.0. The van der Waals surface area contributed by atoms with Crippen LogP contribution in [0.1, 0.15) is 17.3 Å². The summed E-state index contributed by atoms with van der Waals surface area (Å²) in [7, 11) is 0. The lowest BCUT2D eigenvalue weighted by molar-refractivity contribution is 0.0660. The lowest BCUT2D eigenvalue weighted by Crippen LogP contribution is -2.52. The van der Waals surface area contributed by atoms with E-state index in [1.165, 1.54) is 6.07 Å². The van der Waals surface area contributed by atoms with Crippen LogP contribution < -0.4 is 0 Å². The van der Waals surface area contributed by atoms with Gasteiger partial charge < -0.3 is 5.11 Å². The van der Waals surface area contributed by atoms with E-state index >= 15 is 0 Å². The maximum absolute atomic E-state index is 13.7. The van der Waals surface area contributed by atoms with Crippen LogP contribution in [-0.4, -0.2) is 66.1 Å². The quantitative estimate of drug-likeness (QED) is 0.828. The predicted molar refractivity (Wildman–Crippen MR) is 75.2 cm³/mol. The number of hydrogen-bond donors (Lipinski definition) is 1. The van der Waals surface area contributed by atoms with Gasteiger partial charge in [-0.15, -0.1) is 0 Å². The van der Waals surface area contributed by atoms with Gasteiger partial charge in [-0.3, -0.25) is 14.6 Å². The van der Waals surface area contributed by atoms with Gasteiger partial charge >= 0.3 is 0 Å². The molecule has 0 radical (unpaired) electrons.